The zero-order chi connectivity index (χ0) is 35.2. The van der Waals surface area contributed by atoms with E-state index >= 15 is 0 Å². The summed E-state index contributed by atoms with van der Waals surface area (Å²) in [6.45, 7) is 15.3. The van der Waals surface area contributed by atoms with Crippen LogP contribution in [0.25, 0.3) is 12.2 Å². The van der Waals surface area contributed by atoms with E-state index in [0.29, 0.717) is 5.92 Å². The molecule has 0 N–H and O–H groups in total. The smallest absolute Gasteiger partial charge is 0.0655 e. The minimum atomic E-state index is 0.495. The van der Waals surface area contributed by atoms with Gasteiger partial charge in [-0.1, -0.05) is 116 Å². The molecule has 0 aliphatic rings. The molecule has 0 saturated heterocycles. The van der Waals surface area contributed by atoms with Crippen molar-refractivity contribution in [2.24, 2.45) is 5.10 Å². The van der Waals surface area contributed by atoms with Gasteiger partial charge in [0, 0.05) is 11.4 Å². The van der Waals surface area contributed by atoms with Crippen molar-refractivity contribution in [1.82, 2.24) is 0 Å². The van der Waals surface area contributed by atoms with Gasteiger partial charge in [-0.05, 0) is 134 Å². The van der Waals surface area contributed by atoms with Crippen molar-refractivity contribution in [3.8, 4) is 0 Å². The highest BCUT2D eigenvalue weighted by atomic mass is 15.5. The topological polar surface area (TPSA) is 18.8 Å². The molecule has 0 aliphatic carbocycles. The van der Waals surface area contributed by atoms with E-state index in [9.17, 15) is 0 Å². The second-order valence-electron chi connectivity index (χ2n) is 13.7. The van der Waals surface area contributed by atoms with Gasteiger partial charge in [0.25, 0.3) is 0 Å². The summed E-state index contributed by atoms with van der Waals surface area (Å²) in [4.78, 5) is 2.39. The average Bonchev–Trinajstić information content (AvgIpc) is 3.10. The first-order valence-corrected chi connectivity index (χ1v) is 17.5. The molecule has 0 aliphatic heterocycles. The lowest BCUT2D eigenvalue weighted by Crippen LogP contribution is -2.13. The van der Waals surface area contributed by atoms with E-state index in [0.717, 1.165) is 39.4 Å². The summed E-state index contributed by atoms with van der Waals surface area (Å²) >= 11 is 0. The molecule has 6 aromatic carbocycles. The molecule has 0 radical (unpaired) electrons. The van der Waals surface area contributed by atoms with E-state index in [1.165, 1.54) is 39.1 Å². The van der Waals surface area contributed by atoms with Crippen LogP contribution in [0.2, 0.25) is 0 Å². The molecule has 3 nitrogen and oxygen atoms in total. The van der Waals surface area contributed by atoms with Crippen LogP contribution < -0.4 is 9.91 Å². The van der Waals surface area contributed by atoms with Gasteiger partial charge in [0.2, 0.25) is 0 Å². The molecule has 6 aromatic rings. The Kier molecular flexibility index (Phi) is 10.4. The summed E-state index contributed by atoms with van der Waals surface area (Å²) in [5.74, 6) is 0.495. The molecule has 6 rings (SSSR count). The molecule has 50 heavy (non-hydrogen) atoms. The molecule has 0 spiro atoms. The maximum absolute atomic E-state index is 4.92. The summed E-state index contributed by atoms with van der Waals surface area (Å²) in [5, 5.41) is 6.92. The van der Waals surface area contributed by atoms with Gasteiger partial charge in [-0.15, -0.1) is 0 Å². The van der Waals surface area contributed by atoms with E-state index in [2.05, 4.69) is 199 Å². The predicted octanol–water partition coefficient (Wildman–Crippen LogP) is 13.2. The fourth-order valence-electron chi connectivity index (χ4n) is 6.49. The van der Waals surface area contributed by atoms with Crippen LogP contribution >= 0.6 is 0 Å². The monoisotopic (exact) mass is 653 g/mol. The fraction of sp³-hybridized carbons (Fsp3) is 0.170. The third kappa shape index (κ3) is 8.13. The number of hydrogen-bond donors (Lipinski definition) is 0. The lowest BCUT2D eigenvalue weighted by molar-refractivity contribution is 0.866. The van der Waals surface area contributed by atoms with Crippen LogP contribution in [0.1, 0.15) is 69.8 Å². The Morgan fingerprint density at radius 3 is 1.42 bits per heavy atom. The number of aryl methyl sites for hydroxylation is 5. The predicted molar refractivity (Wildman–Crippen MR) is 217 cm³/mol. The van der Waals surface area contributed by atoms with E-state index in [-0.39, 0.29) is 0 Å². The Morgan fingerprint density at radius 1 is 0.480 bits per heavy atom. The molecular weight excluding hydrogens is 607 g/mol. The van der Waals surface area contributed by atoms with Crippen molar-refractivity contribution in [2.45, 2.75) is 54.4 Å². The van der Waals surface area contributed by atoms with Crippen molar-refractivity contribution in [2.75, 3.05) is 9.91 Å². The summed E-state index contributed by atoms with van der Waals surface area (Å²) in [6, 6.07) is 47.8. The van der Waals surface area contributed by atoms with E-state index in [1.807, 2.05) is 11.2 Å². The van der Waals surface area contributed by atoms with E-state index in [4.69, 9.17) is 5.10 Å². The fourth-order valence-corrected chi connectivity index (χ4v) is 6.49. The standard InChI is InChI=1S/C47H47N3/c1-33(2)42-22-26-44(27-23-42)49(47-37(6)28-36(5)29-38(47)7)43-24-20-40(21-25-43)15-14-39-16-18-41(19-17-39)32-48-50(45-12-8-10-34(3)30-45)46-13-9-11-35(4)31-46/h8-33H,1-7H3/b15-14+,48-32+. The SMILES string of the molecule is Cc1cccc(N(/N=C/c2ccc(/C=C/c3ccc(N(c4ccc(C(C)C)cc4)c4c(C)cc(C)cc4C)cc3)cc2)c2cccc(C)c2)c1. The summed E-state index contributed by atoms with van der Waals surface area (Å²) in [5.41, 5.74) is 16.5. The van der Waals surface area contributed by atoms with Crippen molar-refractivity contribution >= 4 is 46.8 Å². The second-order valence-corrected chi connectivity index (χ2v) is 13.7. The Morgan fingerprint density at radius 2 is 0.940 bits per heavy atom. The molecule has 250 valence electrons. The first-order valence-electron chi connectivity index (χ1n) is 17.5. The molecular formula is C47H47N3. The maximum Gasteiger partial charge on any atom is 0.0655 e. The van der Waals surface area contributed by atoms with Crippen LogP contribution in [0.15, 0.2) is 139 Å². The van der Waals surface area contributed by atoms with Crippen molar-refractivity contribution in [3.05, 3.63) is 184 Å². The zero-order valence-electron chi connectivity index (χ0n) is 30.4. The molecule has 0 aromatic heterocycles. The molecule has 0 amide bonds. The summed E-state index contributed by atoms with van der Waals surface area (Å²) in [7, 11) is 0. The van der Waals surface area contributed by atoms with E-state index in [1.54, 1.807) is 0 Å². The Labute approximate surface area is 298 Å². The molecule has 0 fully saturated rings. The number of nitrogens with zero attached hydrogens (tertiary/aromatic N) is 3. The maximum atomic E-state index is 4.92. The lowest BCUT2D eigenvalue weighted by Gasteiger charge is -2.29. The number of rotatable bonds is 10. The Bertz CT molecular complexity index is 2050. The molecule has 0 unspecified atom stereocenters. The first-order chi connectivity index (χ1) is 24.1. The van der Waals surface area contributed by atoms with Gasteiger partial charge in [-0.3, -0.25) is 0 Å². The van der Waals surface area contributed by atoms with E-state index < -0.39 is 0 Å². The first kappa shape index (κ1) is 34.2. The Hall–Kier alpha value is -5.67. The number of hydrazone groups is 1. The molecule has 0 bridgehead atoms. The van der Waals surface area contributed by atoms with Gasteiger partial charge in [-0.25, -0.2) is 5.01 Å². The molecule has 3 heteroatoms. The van der Waals surface area contributed by atoms with Gasteiger partial charge in [0.1, 0.15) is 0 Å². The van der Waals surface area contributed by atoms with Gasteiger partial charge in [-0.2, -0.15) is 5.10 Å². The van der Waals surface area contributed by atoms with Crippen LogP contribution in [0.3, 0.4) is 0 Å². The minimum absolute atomic E-state index is 0.495. The Balaban J connectivity index is 1.21. The van der Waals surface area contributed by atoms with Gasteiger partial charge in [0.15, 0.2) is 0 Å². The van der Waals surface area contributed by atoms with Crippen LogP contribution in [0.4, 0.5) is 28.4 Å². The van der Waals surface area contributed by atoms with Crippen molar-refractivity contribution in [1.29, 1.82) is 0 Å². The third-order valence-corrected chi connectivity index (χ3v) is 9.05. The number of anilines is 5. The molecule has 0 heterocycles. The third-order valence-electron chi connectivity index (χ3n) is 9.05. The summed E-state index contributed by atoms with van der Waals surface area (Å²) < 4.78 is 0. The van der Waals surface area contributed by atoms with Crippen LogP contribution in [0.5, 0.6) is 0 Å². The summed E-state index contributed by atoms with van der Waals surface area (Å²) in [6.07, 6.45) is 6.27. The zero-order valence-corrected chi connectivity index (χ0v) is 30.4. The van der Waals surface area contributed by atoms with Gasteiger partial charge in [0.05, 0.1) is 23.3 Å². The normalized spacial score (nSPS) is 11.5. The molecule has 0 atom stereocenters. The second kappa shape index (κ2) is 15.3. The number of benzene rings is 6. The highest BCUT2D eigenvalue weighted by molar-refractivity contribution is 5.84. The van der Waals surface area contributed by atoms with Gasteiger partial charge >= 0.3 is 0 Å². The van der Waals surface area contributed by atoms with Crippen molar-refractivity contribution < 1.29 is 0 Å². The van der Waals surface area contributed by atoms with Crippen LogP contribution in [-0.2, 0) is 0 Å². The highest BCUT2D eigenvalue weighted by Crippen LogP contribution is 2.39. The van der Waals surface area contributed by atoms with Gasteiger partial charge < -0.3 is 4.90 Å². The van der Waals surface area contributed by atoms with Crippen LogP contribution in [-0.4, -0.2) is 6.21 Å². The van der Waals surface area contributed by atoms with Crippen molar-refractivity contribution in [3.63, 3.8) is 0 Å². The quantitative estimate of drug-likeness (QED) is 0.0832. The minimum Gasteiger partial charge on any atom is -0.310 e. The number of hydrogen-bond acceptors (Lipinski definition) is 3. The highest BCUT2D eigenvalue weighted by Gasteiger charge is 2.17. The lowest BCUT2D eigenvalue weighted by atomic mass is 10.0. The van der Waals surface area contributed by atoms with Crippen LogP contribution in [0, 0.1) is 34.6 Å². The largest absolute Gasteiger partial charge is 0.310 e. The molecule has 0 saturated carbocycles. The average molecular weight is 654 g/mol.